The third-order valence-electron chi connectivity index (χ3n) is 5.85. The molecule has 0 aliphatic heterocycles. The summed E-state index contributed by atoms with van der Waals surface area (Å²) in [5, 5.41) is 0. The fourth-order valence-corrected chi connectivity index (χ4v) is 4.27. The molecular weight excluding hydrogens is 440 g/mol. The summed E-state index contributed by atoms with van der Waals surface area (Å²) < 4.78 is 63.5. The molecular formula is C22H19ClF4O4. The van der Waals surface area contributed by atoms with Gasteiger partial charge in [0, 0.05) is 23.3 Å². The molecule has 2 aliphatic rings. The van der Waals surface area contributed by atoms with Crippen LogP contribution in [0.15, 0.2) is 36.4 Å². The van der Waals surface area contributed by atoms with Gasteiger partial charge < -0.3 is 9.47 Å². The zero-order valence-corrected chi connectivity index (χ0v) is 17.0. The van der Waals surface area contributed by atoms with E-state index in [2.05, 4.69) is 0 Å². The number of fused-ring (bicyclic) bond motifs is 1. The van der Waals surface area contributed by atoms with E-state index in [0.29, 0.717) is 25.0 Å². The highest BCUT2D eigenvalue weighted by Crippen LogP contribution is 2.61. The van der Waals surface area contributed by atoms with Crippen molar-refractivity contribution in [3.63, 3.8) is 0 Å². The molecule has 2 aliphatic carbocycles. The quantitative estimate of drug-likeness (QED) is 0.464. The summed E-state index contributed by atoms with van der Waals surface area (Å²) in [6, 6.07) is 6.00. The van der Waals surface area contributed by atoms with Gasteiger partial charge in [0.1, 0.15) is 36.5 Å². The fourth-order valence-electron chi connectivity index (χ4n) is 4.27. The van der Waals surface area contributed by atoms with Crippen LogP contribution in [-0.2, 0) is 32.3 Å². The average molecular weight is 459 g/mol. The Balaban J connectivity index is 0.00000272. The molecule has 4 nitrogen and oxygen atoms in total. The number of halogens is 5. The van der Waals surface area contributed by atoms with Gasteiger partial charge in [0.2, 0.25) is 0 Å². The molecule has 4 unspecified atom stereocenters. The van der Waals surface area contributed by atoms with Crippen molar-refractivity contribution in [1.29, 1.82) is 0 Å². The van der Waals surface area contributed by atoms with E-state index < -0.39 is 47.0 Å². The number of benzene rings is 2. The summed E-state index contributed by atoms with van der Waals surface area (Å²) in [6.45, 7) is -0.641. The molecule has 166 valence electrons. The first-order chi connectivity index (χ1) is 14.3. The van der Waals surface area contributed by atoms with Crippen LogP contribution in [0.2, 0.25) is 0 Å². The van der Waals surface area contributed by atoms with Crippen LogP contribution in [0.4, 0.5) is 17.6 Å². The third kappa shape index (κ3) is 4.84. The lowest BCUT2D eigenvalue weighted by Crippen LogP contribution is -2.21. The van der Waals surface area contributed by atoms with Gasteiger partial charge in [0.25, 0.3) is 0 Å². The first-order valence-electron chi connectivity index (χ1n) is 9.56. The Morgan fingerprint density at radius 1 is 0.806 bits per heavy atom. The Labute approximate surface area is 181 Å². The SMILES string of the molecule is Cl.O=C(OCc1ccc(F)cc1F)C1CCC2C(C(=O)OCc3ccc(F)cc3F)C12. The van der Waals surface area contributed by atoms with Crippen LogP contribution >= 0.6 is 12.4 Å². The first kappa shape index (κ1) is 23.1. The first-order valence-corrected chi connectivity index (χ1v) is 9.56. The maximum absolute atomic E-state index is 13.7. The highest BCUT2D eigenvalue weighted by Gasteiger charge is 2.64. The summed E-state index contributed by atoms with van der Waals surface area (Å²) in [7, 11) is 0. The van der Waals surface area contributed by atoms with E-state index in [0.717, 1.165) is 12.1 Å². The van der Waals surface area contributed by atoms with Crippen molar-refractivity contribution in [2.24, 2.45) is 23.7 Å². The van der Waals surface area contributed by atoms with Gasteiger partial charge >= 0.3 is 11.9 Å². The van der Waals surface area contributed by atoms with Crippen molar-refractivity contribution in [2.75, 3.05) is 0 Å². The Hall–Kier alpha value is -2.61. The van der Waals surface area contributed by atoms with Crippen molar-refractivity contribution in [1.82, 2.24) is 0 Å². The highest BCUT2D eigenvalue weighted by molar-refractivity contribution is 5.85. The van der Waals surface area contributed by atoms with E-state index >= 15 is 0 Å². The monoisotopic (exact) mass is 458 g/mol. The average Bonchev–Trinajstić information content (AvgIpc) is 3.25. The fraction of sp³-hybridized carbons (Fsp3) is 0.364. The normalized spacial score (nSPS) is 23.5. The Morgan fingerprint density at radius 3 is 1.84 bits per heavy atom. The Bertz CT molecular complexity index is 999. The molecule has 0 heterocycles. The van der Waals surface area contributed by atoms with E-state index in [-0.39, 0.29) is 48.6 Å². The van der Waals surface area contributed by atoms with Gasteiger partial charge in [-0.05, 0) is 48.9 Å². The molecule has 2 fully saturated rings. The highest BCUT2D eigenvalue weighted by atomic mass is 35.5. The molecule has 2 aromatic carbocycles. The summed E-state index contributed by atoms with van der Waals surface area (Å²) in [4.78, 5) is 24.7. The Kier molecular flexibility index (Phi) is 6.89. The maximum Gasteiger partial charge on any atom is 0.309 e. The summed E-state index contributed by atoms with van der Waals surface area (Å²) in [5.41, 5.74) is 0.125. The van der Waals surface area contributed by atoms with Crippen LogP contribution in [0.25, 0.3) is 0 Å². The minimum atomic E-state index is -0.798. The number of carbonyl (C=O) groups is 2. The van der Waals surface area contributed by atoms with Gasteiger partial charge in [-0.25, -0.2) is 17.6 Å². The predicted molar refractivity (Wildman–Crippen MR) is 103 cm³/mol. The van der Waals surface area contributed by atoms with E-state index in [1.165, 1.54) is 12.1 Å². The van der Waals surface area contributed by atoms with Crippen LogP contribution in [0.3, 0.4) is 0 Å². The van der Waals surface area contributed by atoms with Crippen LogP contribution in [0, 0.1) is 46.9 Å². The van der Waals surface area contributed by atoms with Crippen molar-refractivity contribution in [3.05, 3.63) is 70.8 Å². The smallest absolute Gasteiger partial charge is 0.309 e. The van der Waals surface area contributed by atoms with Crippen LogP contribution < -0.4 is 0 Å². The summed E-state index contributed by atoms with van der Waals surface area (Å²) in [6.07, 6.45) is 1.20. The van der Waals surface area contributed by atoms with E-state index in [9.17, 15) is 27.2 Å². The number of carbonyl (C=O) groups excluding carboxylic acids is 2. The second-order valence-corrected chi connectivity index (χ2v) is 7.64. The number of hydrogen-bond acceptors (Lipinski definition) is 4. The van der Waals surface area contributed by atoms with Gasteiger partial charge in [-0.15, -0.1) is 12.4 Å². The van der Waals surface area contributed by atoms with Crippen molar-refractivity contribution >= 4 is 24.3 Å². The van der Waals surface area contributed by atoms with Crippen molar-refractivity contribution in [2.45, 2.75) is 26.1 Å². The van der Waals surface area contributed by atoms with Crippen LogP contribution in [0.1, 0.15) is 24.0 Å². The van der Waals surface area contributed by atoms with E-state index in [4.69, 9.17) is 9.47 Å². The van der Waals surface area contributed by atoms with Gasteiger partial charge in [-0.2, -0.15) is 0 Å². The number of ether oxygens (including phenoxy) is 2. The van der Waals surface area contributed by atoms with Gasteiger partial charge in [0.05, 0.1) is 11.8 Å². The molecule has 0 radical (unpaired) electrons. The molecule has 9 heteroatoms. The maximum atomic E-state index is 13.7. The summed E-state index contributed by atoms with van der Waals surface area (Å²) >= 11 is 0. The number of rotatable bonds is 6. The topological polar surface area (TPSA) is 52.6 Å². The molecule has 0 bridgehead atoms. The molecule has 4 atom stereocenters. The van der Waals surface area contributed by atoms with E-state index in [1.54, 1.807) is 0 Å². The van der Waals surface area contributed by atoms with Gasteiger partial charge in [0.15, 0.2) is 0 Å². The molecule has 4 rings (SSSR count). The minimum absolute atomic E-state index is 0. The number of esters is 2. The lowest BCUT2D eigenvalue weighted by molar-refractivity contribution is -0.152. The Morgan fingerprint density at radius 2 is 1.32 bits per heavy atom. The van der Waals surface area contributed by atoms with Gasteiger partial charge in [-0.3, -0.25) is 9.59 Å². The molecule has 0 aromatic heterocycles. The largest absolute Gasteiger partial charge is 0.460 e. The predicted octanol–water partition coefficient (Wildman–Crippen LogP) is 4.72. The zero-order chi connectivity index (χ0) is 21.4. The molecule has 0 N–H and O–H groups in total. The molecule has 0 amide bonds. The molecule has 2 saturated carbocycles. The third-order valence-corrected chi connectivity index (χ3v) is 5.85. The second kappa shape index (κ2) is 9.26. The standard InChI is InChI=1S/C22H18F4O4.ClH/c23-13-3-1-11(17(25)7-13)9-29-21(27)16-6-5-15-19(16)20(15)22(28)30-10-12-2-4-14(24)8-18(12)26;/h1-4,7-8,15-16,19-20H,5-6,9-10H2;1H. The van der Waals surface area contributed by atoms with Crippen LogP contribution in [0.5, 0.6) is 0 Å². The van der Waals surface area contributed by atoms with Crippen molar-refractivity contribution < 1.29 is 36.6 Å². The van der Waals surface area contributed by atoms with E-state index in [1.807, 2.05) is 0 Å². The molecule has 0 spiro atoms. The summed E-state index contributed by atoms with van der Waals surface area (Å²) in [5.74, 6) is -5.30. The zero-order valence-electron chi connectivity index (χ0n) is 16.2. The van der Waals surface area contributed by atoms with Crippen molar-refractivity contribution in [3.8, 4) is 0 Å². The molecule has 0 saturated heterocycles. The number of hydrogen-bond donors (Lipinski definition) is 0. The molecule has 31 heavy (non-hydrogen) atoms. The second-order valence-electron chi connectivity index (χ2n) is 7.64. The lowest BCUT2D eigenvalue weighted by Gasteiger charge is -2.14. The van der Waals surface area contributed by atoms with Crippen LogP contribution in [-0.4, -0.2) is 11.9 Å². The van der Waals surface area contributed by atoms with Gasteiger partial charge in [-0.1, -0.05) is 0 Å². The molecule has 2 aromatic rings. The minimum Gasteiger partial charge on any atom is -0.460 e. The lowest BCUT2D eigenvalue weighted by atomic mass is 10.00.